The maximum atomic E-state index is 11.7. The van der Waals surface area contributed by atoms with E-state index >= 15 is 0 Å². The third-order valence-electron chi connectivity index (χ3n) is 2.97. The van der Waals surface area contributed by atoms with Gasteiger partial charge in [-0.25, -0.2) is 4.98 Å². The zero-order valence-corrected chi connectivity index (χ0v) is 10.6. The van der Waals surface area contributed by atoms with Gasteiger partial charge in [-0.05, 0) is 18.6 Å². The highest BCUT2D eigenvalue weighted by Crippen LogP contribution is 2.13. The monoisotopic (exact) mass is 253 g/mol. The maximum Gasteiger partial charge on any atom is 0.237 e. The van der Waals surface area contributed by atoms with E-state index in [1.165, 1.54) is 0 Å². The minimum atomic E-state index is -0.0514. The third kappa shape index (κ3) is 2.96. The molecule has 1 N–H and O–H groups in total. The molecule has 4 nitrogen and oxygen atoms in total. The molecule has 1 aromatic heterocycles. The van der Waals surface area contributed by atoms with Crippen LogP contribution >= 0.6 is 11.6 Å². The summed E-state index contributed by atoms with van der Waals surface area (Å²) >= 11 is 5.85. The molecule has 1 saturated heterocycles. The van der Waals surface area contributed by atoms with Crippen molar-refractivity contribution in [3.05, 3.63) is 29.0 Å². The van der Waals surface area contributed by atoms with E-state index in [-0.39, 0.29) is 11.9 Å². The zero-order valence-electron chi connectivity index (χ0n) is 9.82. The van der Waals surface area contributed by atoms with E-state index in [0.29, 0.717) is 18.2 Å². The fourth-order valence-electron chi connectivity index (χ4n) is 2.14. The largest absolute Gasteiger partial charge is 0.353 e. The molecule has 0 aliphatic carbocycles. The van der Waals surface area contributed by atoms with Crippen LogP contribution in [0, 0.1) is 0 Å². The molecule has 0 spiro atoms. The summed E-state index contributed by atoms with van der Waals surface area (Å²) in [6, 6.07) is 5.52. The molecule has 17 heavy (non-hydrogen) atoms. The zero-order chi connectivity index (χ0) is 12.3. The summed E-state index contributed by atoms with van der Waals surface area (Å²) in [5.41, 5.74) is 0.908. The highest BCUT2D eigenvalue weighted by molar-refractivity contribution is 6.29. The minimum Gasteiger partial charge on any atom is -0.353 e. The van der Waals surface area contributed by atoms with E-state index in [1.807, 2.05) is 19.1 Å². The predicted octanol–water partition coefficient (Wildman–Crippen LogP) is 1.45. The molecule has 1 aromatic rings. The summed E-state index contributed by atoms with van der Waals surface area (Å²) in [4.78, 5) is 18.1. The first-order chi connectivity index (χ1) is 8.20. The molecule has 1 fully saturated rings. The van der Waals surface area contributed by atoms with Gasteiger partial charge in [-0.1, -0.05) is 24.6 Å². The van der Waals surface area contributed by atoms with E-state index in [0.717, 1.165) is 18.7 Å². The first-order valence-electron chi connectivity index (χ1n) is 5.84. The molecule has 1 atom stereocenters. The van der Waals surface area contributed by atoms with E-state index in [4.69, 9.17) is 11.6 Å². The van der Waals surface area contributed by atoms with Gasteiger partial charge in [0.15, 0.2) is 0 Å². The summed E-state index contributed by atoms with van der Waals surface area (Å²) in [7, 11) is 0. The second-order valence-electron chi connectivity index (χ2n) is 4.14. The first kappa shape index (κ1) is 12.3. The van der Waals surface area contributed by atoms with Gasteiger partial charge >= 0.3 is 0 Å². The van der Waals surface area contributed by atoms with Crippen molar-refractivity contribution >= 4 is 17.5 Å². The van der Waals surface area contributed by atoms with Crippen LogP contribution in [0.2, 0.25) is 5.15 Å². The topological polar surface area (TPSA) is 45.2 Å². The van der Waals surface area contributed by atoms with Gasteiger partial charge < -0.3 is 5.32 Å². The Morgan fingerprint density at radius 2 is 2.41 bits per heavy atom. The summed E-state index contributed by atoms with van der Waals surface area (Å²) in [5.74, 6) is 0.112. The highest BCUT2D eigenvalue weighted by atomic mass is 35.5. The Labute approximate surface area is 106 Å². The first-order valence-corrected chi connectivity index (χ1v) is 6.21. The van der Waals surface area contributed by atoms with Gasteiger partial charge in [0.1, 0.15) is 5.15 Å². The SMILES string of the molecule is CCC1C(=O)NCCN1Cc1cccc(Cl)n1. The lowest BCUT2D eigenvalue weighted by Crippen LogP contribution is -2.54. The van der Waals surface area contributed by atoms with Crippen LogP contribution in [0.4, 0.5) is 0 Å². The van der Waals surface area contributed by atoms with Crippen molar-refractivity contribution in [2.45, 2.75) is 25.9 Å². The van der Waals surface area contributed by atoms with Crippen LogP contribution in [0.5, 0.6) is 0 Å². The summed E-state index contributed by atoms with van der Waals surface area (Å²) in [6.45, 7) is 4.26. The normalized spacial score (nSPS) is 21.3. The Morgan fingerprint density at radius 3 is 3.12 bits per heavy atom. The van der Waals surface area contributed by atoms with E-state index in [2.05, 4.69) is 15.2 Å². The molecule has 0 saturated carbocycles. The lowest BCUT2D eigenvalue weighted by molar-refractivity contribution is -0.129. The molecule has 1 amide bonds. The van der Waals surface area contributed by atoms with Crippen LogP contribution < -0.4 is 5.32 Å². The molecule has 1 aliphatic heterocycles. The van der Waals surface area contributed by atoms with Gasteiger partial charge in [0, 0.05) is 19.6 Å². The number of amides is 1. The Balaban J connectivity index is 2.09. The van der Waals surface area contributed by atoms with Crippen molar-refractivity contribution in [3.8, 4) is 0 Å². The summed E-state index contributed by atoms with van der Waals surface area (Å²) < 4.78 is 0. The molecule has 2 rings (SSSR count). The van der Waals surface area contributed by atoms with Crippen molar-refractivity contribution < 1.29 is 4.79 Å². The van der Waals surface area contributed by atoms with Crippen LogP contribution in [0.1, 0.15) is 19.0 Å². The number of carbonyl (C=O) groups excluding carboxylic acids is 1. The summed E-state index contributed by atoms with van der Waals surface area (Å²) in [5, 5.41) is 3.38. The highest BCUT2D eigenvalue weighted by Gasteiger charge is 2.27. The number of pyridine rings is 1. The van der Waals surface area contributed by atoms with Gasteiger partial charge in [-0.3, -0.25) is 9.69 Å². The second kappa shape index (κ2) is 5.47. The number of nitrogens with one attached hydrogen (secondary N) is 1. The lowest BCUT2D eigenvalue weighted by atomic mass is 10.1. The quantitative estimate of drug-likeness (QED) is 0.830. The number of hydrogen-bond acceptors (Lipinski definition) is 3. The molecule has 0 aromatic carbocycles. The average Bonchev–Trinajstić information content (AvgIpc) is 2.29. The number of aromatic nitrogens is 1. The van der Waals surface area contributed by atoms with Gasteiger partial charge in [0.25, 0.3) is 0 Å². The predicted molar refractivity (Wildman–Crippen MR) is 66.7 cm³/mol. The van der Waals surface area contributed by atoms with Crippen LogP contribution in [0.15, 0.2) is 18.2 Å². The van der Waals surface area contributed by atoms with Crippen molar-refractivity contribution in [3.63, 3.8) is 0 Å². The van der Waals surface area contributed by atoms with Crippen molar-refractivity contribution in [2.75, 3.05) is 13.1 Å². The van der Waals surface area contributed by atoms with Crippen molar-refractivity contribution in [1.29, 1.82) is 0 Å². The fourth-order valence-corrected chi connectivity index (χ4v) is 2.32. The number of carbonyl (C=O) groups is 1. The van der Waals surface area contributed by atoms with Gasteiger partial charge in [0.05, 0.1) is 11.7 Å². The molecule has 0 radical (unpaired) electrons. The Hall–Kier alpha value is -1.13. The number of nitrogens with zero attached hydrogens (tertiary/aromatic N) is 2. The number of piperazine rings is 1. The van der Waals surface area contributed by atoms with Crippen LogP contribution in [0.3, 0.4) is 0 Å². The lowest BCUT2D eigenvalue weighted by Gasteiger charge is -2.34. The molecule has 1 unspecified atom stereocenters. The van der Waals surface area contributed by atoms with Gasteiger partial charge in [-0.15, -0.1) is 0 Å². The van der Waals surface area contributed by atoms with Crippen LogP contribution in [0.25, 0.3) is 0 Å². The second-order valence-corrected chi connectivity index (χ2v) is 4.52. The smallest absolute Gasteiger partial charge is 0.237 e. The fraction of sp³-hybridized carbons (Fsp3) is 0.500. The molecular formula is C12H16ClN3O. The standard InChI is InChI=1S/C12H16ClN3O/c1-2-10-12(17)14-6-7-16(10)8-9-4-3-5-11(13)15-9/h3-5,10H,2,6-8H2,1H3,(H,14,17). The Kier molecular flexibility index (Phi) is 3.97. The molecule has 2 heterocycles. The Morgan fingerprint density at radius 1 is 1.59 bits per heavy atom. The van der Waals surface area contributed by atoms with Crippen LogP contribution in [-0.2, 0) is 11.3 Å². The van der Waals surface area contributed by atoms with E-state index in [9.17, 15) is 4.79 Å². The van der Waals surface area contributed by atoms with Gasteiger partial charge in [-0.2, -0.15) is 0 Å². The molecule has 0 bridgehead atoms. The maximum absolute atomic E-state index is 11.7. The number of rotatable bonds is 3. The third-order valence-corrected chi connectivity index (χ3v) is 3.18. The molecule has 92 valence electrons. The molecule has 5 heteroatoms. The van der Waals surface area contributed by atoms with Gasteiger partial charge in [0.2, 0.25) is 5.91 Å². The average molecular weight is 254 g/mol. The molecular weight excluding hydrogens is 238 g/mol. The van der Waals surface area contributed by atoms with Crippen molar-refractivity contribution in [1.82, 2.24) is 15.2 Å². The number of hydrogen-bond donors (Lipinski definition) is 1. The summed E-state index contributed by atoms with van der Waals surface area (Å²) in [6.07, 6.45) is 0.812. The molecule has 1 aliphatic rings. The minimum absolute atomic E-state index is 0.0514. The number of halogens is 1. The van der Waals surface area contributed by atoms with Crippen LogP contribution in [-0.4, -0.2) is 34.9 Å². The van der Waals surface area contributed by atoms with E-state index < -0.39 is 0 Å². The Bertz CT molecular complexity index is 410. The van der Waals surface area contributed by atoms with E-state index in [1.54, 1.807) is 6.07 Å². The van der Waals surface area contributed by atoms with Crippen molar-refractivity contribution in [2.24, 2.45) is 0 Å².